The lowest BCUT2D eigenvalue weighted by Crippen LogP contribution is -2.47. The quantitative estimate of drug-likeness (QED) is 0.418. The number of aryl methyl sites for hydroxylation is 2. The summed E-state index contributed by atoms with van der Waals surface area (Å²) in [5, 5.41) is 0. The molecule has 4 aromatic rings. The molecule has 3 aromatic heterocycles. The maximum Gasteiger partial charge on any atom is 0.277 e. The fourth-order valence-corrected chi connectivity index (χ4v) is 4.80. The zero-order valence-corrected chi connectivity index (χ0v) is 19.9. The molecule has 0 aliphatic carbocycles. The highest BCUT2D eigenvalue weighted by atomic mass is 16.5. The normalized spacial score (nSPS) is 14.7. The molecule has 0 atom stereocenters. The Morgan fingerprint density at radius 1 is 0.971 bits per heavy atom. The Morgan fingerprint density at radius 2 is 1.76 bits per heavy atom. The monoisotopic (exact) mass is 462 g/mol. The first kappa shape index (κ1) is 22.2. The number of anilines is 1. The number of nitrogens with zero attached hydrogens (tertiary/aromatic N) is 6. The van der Waals surface area contributed by atoms with E-state index in [4.69, 9.17) is 9.47 Å². The minimum Gasteiger partial charge on any atom is -0.495 e. The minimum absolute atomic E-state index is 0.0320. The summed E-state index contributed by atoms with van der Waals surface area (Å²) in [5.41, 5.74) is 3.86. The number of ether oxygens (including phenoxy) is 2. The first-order chi connectivity index (χ1) is 16.6. The van der Waals surface area contributed by atoms with Crippen molar-refractivity contribution in [1.29, 1.82) is 0 Å². The van der Waals surface area contributed by atoms with E-state index in [9.17, 15) is 4.79 Å². The van der Waals surface area contributed by atoms with Gasteiger partial charge in [0.25, 0.3) is 5.56 Å². The van der Waals surface area contributed by atoms with Crippen LogP contribution in [0.25, 0.3) is 16.7 Å². The van der Waals surface area contributed by atoms with Gasteiger partial charge in [-0.1, -0.05) is 12.1 Å². The van der Waals surface area contributed by atoms with Crippen molar-refractivity contribution in [2.24, 2.45) is 0 Å². The Hall–Kier alpha value is -3.59. The van der Waals surface area contributed by atoms with Gasteiger partial charge in [0.05, 0.1) is 31.1 Å². The van der Waals surface area contributed by atoms with Gasteiger partial charge in [0, 0.05) is 38.8 Å². The highest BCUT2D eigenvalue weighted by Gasteiger charge is 2.20. The minimum atomic E-state index is -0.0320. The van der Waals surface area contributed by atoms with Gasteiger partial charge in [-0.05, 0) is 38.1 Å². The predicted molar refractivity (Wildman–Crippen MR) is 132 cm³/mol. The standard InChI is InChI=1S/C25H30N6O3/c1-18-23-25(32)30(20-9-10-22(34-3)27-24(20)31(23)17-26-18)12-6-11-28-13-15-29(16-14-28)19-7-4-5-8-21(19)33-2/h4-5,7-10,17H,6,11-16H2,1-3H3. The lowest BCUT2D eigenvalue weighted by molar-refractivity contribution is 0.250. The Balaban J connectivity index is 1.30. The number of pyridine rings is 1. The number of hydrogen-bond donors (Lipinski definition) is 0. The zero-order valence-electron chi connectivity index (χ0n) is 19.9. The number of benzene rings is 1. The smallest absolute Gasteiger partial charge is 0.277 e. The molecule has 0 amide bonds. The van der Waals surface area contributed by atoms with E-state index >= 15 is 0 Å². The highest BCUT2D eigenvalue weighted by molar-refractivity contribution is 5.76. The Bertz CT molecular complexity index is 1370. The van der Waals surface area contributed by atoms with Gasteiger partial charge in [-0.15, -0.1) is 0 Å². The van der Waals surface area contributed by atoms with Crippen molar-refractivity contribution in [3.63, 3.8) is 0 Å². The molecule has 0 bridgehead atoms. The van der Waals surface area contributed by atoms with Gasteiger partial charge in [-0.25, -0.2) is 4.98 Å². The van der Waals surface area contributed by atoms with E-state index in [1.165, 1.54) is 0 Å². The molecule has 0 N–H and O–H groups in total. The fraction of sp³-hybridized carbons (Fsp3) is 0.400. The molecule has 0 saturated carbocycles. The molecule has 0 spiro atoms. The van der Waals surface area contributed by atoms with E-state index in [0.717, 1.165) is 56.1 Å². The van der Waals surface area contributed by atoms with Crippen LogP contribution in [0.4, 0.5) is 5.69 Å². The van der Waals surface area contributed by atoms with E-state index in [1.807, 2.05) is 29.7 Å². The fourth-order valence-electron chi connectivity index (χ4n) is 4.80. The van der Waals surface area contributed by atoms with Crippen molar-refractivity contribution in [2.75, 3.05) is 51.8 Å². The summed E-state index contributed by atoms with van der Waals surface area (Å²) in [6.45, 7) is 7.27. The van der Waals surface area contributed by atoms with E-state index < -0.39 is 0 Å². The van der Waals surface area contributed by atoms with Gasteiger partial charge in [0.2, 0.25) is 5.88 Å². The van der Waals surface area contributed by atoms with E-state index in [-0.39, 0.29) is 5.56 Å². The Labute approximate surface area is 198 Å². The van der Waals surface area contributed by atoms with Gasteiger partial charge in [0.15, 0.2) is 5.65 Å². The summed E-state index contributed by atoms with van der Waals surface area (Å²) in [5.74, 6) is 1.43. The van der Waals surface area contributed by atoms with Gasteiger partial charge in [0.1, 0.15) is 17.6 Å². The summed E-state index contributed by atoms with van der Waals surface area (Å²) in [4.78, 5) is 27.1. The summed E-state index contributed by atoms with van der Waals surface area (Å²) >= 11 is 0. The van der Waals surface area contributed by atoms with Gasteiger partial charge in [-0.2, -0.15) is 4.98 Å². The second-order valence-electron chi connectivity index (χ2n) is 8.56. The van der Waals surface area contributed by atoms with Crippen LogP contribution in [-0.2, 0) is 6.54 Å². The number of rotatable bonds is 7. The molecule has 1 fully saturated rings. The van der Waals surface area contributed by atoms with Crippen LogP contribution in [0.2, 0.25) is 0 Å². The van der Waals surface area contributed by atoms with Crippen molar-refractivity contribution >= 4 is 22.4 Å². The van der Waals surface area contributed by atoms with Crippen LogP contribution in [-0.4, -0.2) is 70.8 Å². The Morgan fingerprint density at radius 3 is 2.53 bits per heavy atom. The molecule has 1 aromatic carbocycles. The first-order valence-corrected chi connectivity index (χ1v) is 11.6. The summed E-state index contributed by atoms with van der Waals surface area (Å²) < 4.78 is 14.4. The molecule has 9 heteroatoms. The van der Waals surface area contributed by atoms with E-state index in [0.29, 0.717) is 29.3 Å². The number of para-hydroxylation sites is 2. The number of hydrogen-bond acceptors (Lipinski definition) is 7. The van der Waals surface area contributed by atoms with Crippen LogP contribution >= 0.6 is 0 Å². The van der Waals surface area contributed by atoms with Crippen molar-refractivity contribution in [1.82, 2.24) is 23.8 Å². The molecule has 0 unspecified atom stereocenters. The van der Waals surface area contributed by atoms with Crippen molar-refractivity contribution in [3.8, 4) is 11.6 Å². The number of imidazole rings is 1. The van der Waals surface area contributed by atoms with Crippen LogP contribution in [0, 0.1) is 6.92 Å². The van der Waals surface area contributed by atoms with Gasteiger partial charge in [-0.3, -0.25) is 14.1 Å². The number of fused-ring (bicyclic) bond motifs is 3. The van der Waals surface area contributed by atoms with E-state index in [1.54, 1.807) is 31.0 Å². The third-order valence-corrected chi connectivity index (χ3v) is 6.61. The van der Waals surface area contributed by atoms with Crippen molar-refractivity contribution in [3.05, 3.63) is 58.8 Å². The van der Waals surface area contributed by atoms with Crippen LogP contribution in [0.3, 0.4) is 0 Å². The zero-order chi connectivity index (χ0) is 23.7. The van der Waals surface area contributed by atoms with Crippen LogP contribution in [0.15, 0.2) is 47.5 Å². The molecular weight excluding hydrogens is 432 g/mol. The number of piperazine rings is 1. The molecule has 5 rings (SSSR count). The highest BCUT2D eigenvalue weighted by Crippen LogP contribution is 2.28. The van der Waals surface area contributed by atoms with E-state index in [2.05, 4.69) is 31.9 Å². The molecule has 178 valence electrons. The topological polar surface area (TPSA) is 77.1 Å². The molecule has 4 heterocycles. The van der Waals surface area contributed by atoms with Crippen LogP contribution < -0.4 is 19.9 Å². The predicted octanol–water partition coefficient (Wildman–Crippen LogP) is 2.58. The number of aromatic nitrogens is 4. The van der Waals surface area contributed by atoms with Crippen LogP contribution in [0.1, 0.15) is 12.1 Å². The molecule has 34 heavy (non-hydrogen) atoms. The second-order valence-corrected chi connectivity index (χ2v) is 8.56. The third-order valence-electron chi connectivity index (χ3n) is 6.61. The maximum atomic E-state index is 13.3. The SMILES string of the molecule is COc1ccc2c(n1)n1cnc(C)c1c(=O)n2CCCN1CCN(c2ccccc2OC)CC1. The molecular formula is C25H30N6O3. The largest absolute Gasteiger partial charge is 0.495 e. The van der Waals surface area contributed by atoms with Crippen LogP contribution in [0.5, 0.6) is 11.6 Å². The lowest BCUT2D eigenvalue weighted by Gasteiger charge is -2.36. The molecule has 1 aliphatic heterocycles. The average Bonchev–Trinajstić information content (AvgIpc) is 3.28. The third kappa shape index (κ3) is 3.96. The molecule has 1 aliphatic rings. The summed E-state index contributed by atoms with van der Waals surface area (Å²) in [6, 6.07) is 11.9. The van der Waals surface area contributed by atoms with Gasteiger partial charge >= 0.3 is 0 Å². The summed E-state index contributed by atoms with van der Waals surface area (Å²) in [7, 11) is 3.31. The lowest BCUT2D eigenvalue weighted by atomic mass is 10.2. The Kier molecular flexibility index (Phi) is 6.10. The molecule has 0 radical (unpaired) electrons. The first-order valence-electron chi connectivity index (χ1n) is 11.6. The molecule has 1 saturated heterocycles. The maximum absolute atomic E-state index is 13.3. The van der Waals surface area contributed by atoms with Gasteiger partial charge < -0.3 is 18.9 Å². The number of methoxy groups -OCH3 is 2. The second kappa shape index (κ2) is 9.34. The molecule has 9 nitrogen and oxygen atoms in total. The average molecular weight is 463 g/mol. The summed E-state index contributed by atoms with van der Waals surface area (Å²) in [6.07, 6.45) is 2.53. The van der Waals surface area contributed by atoms with Crippen molar-refractivity contribution in [2.45, 2.75) is 19.9 Å². The van der Waals surface area contributed by atoms with Crippen molar-refractivity contribution < 1.29 is 9.47 Å².